The quantitative estimate of drug-likeness (QED) is 0.448. The van der Waals surface area contributed by atoms with Crippen LogP contribution in [0.5, 0.6) is 0 Å². The van der Waals surface area contributed by atoms with Crippen molar-refractivity contribution in [3.8, 4) is 0 Å². The second-order valence-electron chi connectivity index (χ2n) is 9.81. The molecule has 3 aromatic rings. The van der Waals surface area contributed by atoms with Crippen molar-refractivity contribution < 1.29 is 9.59 Å². The fourth-order valence-corrected chi connectivity index (χ4v) is 4.87. The minimum absolute atomic E-state index is 0.0281. The van der Waals surface area contributed by atoms with Crippen LogP contribution in [0.4, 0.5) is 0 Å². The molecule has 0 bridgehead atoms. The second kappa shape index (κ2) is 11.8. The maximum atomic E-state index is 13.8. The van der Waals surface area contributed by atoms with Gasteiger partial charge in [0.1, 0.15) is 6.04 Å². The zero-order valence-electron chi connectivity index (χ0n) is 20.9. The molecule has 0 spiro atoms. The lowest BCUT2D eigenvalue weighted by molar-refractivity contribution is -0.141. The van der Waals surface area contributed by atoms with E-state index in [1.807, 2.05) is 73.7 Å². The van der Waals surface area contributed by atoms with Crippen LogP contribution in [0.1, 0.15) is 53.5 Å². The van der Waals surface area contributed by atoms with Crippen molar-refractivity contribution in [1.82, 2.24) is 10.2 Å². The minimum Gasteiger partial charge on any atom is -0.352 e. The minimum atomic E-state index is -0.574. The van der Waals surface area contributed by atoms with E-state index in [0.717, 1.165) is 53.5 Å². The first-order valence-electron chi connectivity index (χ1n) is 12.7. The average Bonchev–Trinajstić information content (AvgIpc) is 3.37. The van der Waals surface area contributed by atoms with Crippen molar-refractivity contribution in [2.45, 2.75) is 71.0 Å². The molecule has 4 heteroatoms. The third-order valence-corrected chi connectivity index (χ3v) is 7.05. The largest absolute Gasteiger partial charge is 0.352 e. The van der Waals surface area contributed by atoms with Gasteiger partial charge in [0.25, 0.3) is 0 Å². The van der Waals surface area contributed by atoms with Crippen molar-refractivity contribution in [3.63, 3.8) is 0 Å². The van der Waals surface area contributed by atoms with Crippen LogP contribution < -0.4 is 5.32 Å². The van der Waals surface area contributed by atoms with Gasteiger partial charge in [-0.05, 0) is 48.9 Å². The van der Waals surface area contributed by atoms with Crippen LogP contribution in [-0.4, -0.2) is 28.8 Å². The Kier molecular flexibility index (Phi) is 8.36. The van der Waals surface area contributed by atoms with Crippen molar-refractivity contribution in [2.75, 3.05) is 0 Å². The number of carbonyl (C=O) groups excluding carboxylic acids is 2. The molecule has 182 valence electrons. The van der Waals surface area contributed by atoms with Gasteiger partial charge in [-0.15, -0.1) is 0 Å². The molecule has 0 aliphatic heterocycles. The van der Waals surface area contributed by atoms with Crippen LogP contribution >= 0.6 is 0 Å². The van der Waals surface area contributed by atoms with Gasteiger partial charge in [-0.1, -0.05) is 97.3 Å². The molecule has 1 fully saturated rings. The van der Waals surface area contributed by atoms with E-state index in [2.05, 4.69) is 24.4 Å². The fraction of sp³-hybridized carbons (Fsp3) is 0.355. The van der Waals surface area contributed by atoms with Gasteiger partial charge >= 0.3 is 0 Å². The third-order valence-electron chi connectivity index (χ3n) is 7.05. The normalized spacial score (nSPS) is 14.5. The van der Waals surface area contributed by atoms with Crippen LogP contribution in [0, 0.1) is 13.8 Å². The predicted molar refractivity (Wildman–Crippen MR) is 141 cm³/mol. The number of amides is 2. The van der Waals surface area contributed by atoms with Crippen LogP contribution in [0.25, 0.3) is 0 Å². The number of carbonyl (C=O) groups is 2. The van der Waals surface area contributed by atoms with Gasteiger partial charge in [0.05, 0.1) is 6.42 Å². The standard InChI is InChI=1S/C31H36N2O2/c1-23-16-18-26(19-17-23)21-30(34)33(22-27-13-7-6-10-24(27)2)29(20-25-11-4-3-5-12-25)31(35)32-28-14-8-9-15-28/h3-7,10-13,16-19,28-29H,8-9,14-15,20-22H2,1-2H3,(H,32,35)/t29-/m0/s1. The van der Waals surface area contributed by atoms with E-state index in [-0.39, 0.29) is 24.3 Å². The van der Waals surface area contributed by atoms with Gasteiger partial charge in [-0.3, -0.25) is 9.59 Å². The molecular weight excluding hydrogens is 432 g/mol. The SMILES string of the molecule is Cc1ccc(CC(=O)N(Cc2ccccc2C)[C@@H](Cc2ccccc2)C(=O)NC2CCCC2)cc1. The van der Waals surface area contributed by atoms with Gasteiger partial charge < -0.3 is 10.2 Å². The summed E-state index contributed by atoms with van der Waals surface area (Å²) < 4.78 is 0. The highest BCUT2D eigenvalue weighted by atomic mass is 16.2. The monoisotopic (exact) mass is 468 g/mol. The molecule has 0 aromatic heterocycles. The smallest absolute Gasteiger partial charge is 0.243 e. The zero-order valence-corrected chi connectivity index (χ0v) is 20.9. The van der Waals surface area contributed by atoms with Crippen molar-refractivity contribution >= 4 is 11.8 Å². The maximum Gasteiger partial charge on any atom is 0.243 e. The molecule has 1 atom stereocenters. The molecule has 0 heterocycles. The Morgan fingerprint density at radius 2 is 1.51 bits per heavy atom. The summed E-state index contributed by atoms with van der Waals surface area (Å²) in [5, 5.41) is 3.27. The predicted octanol–water partition coefficient (Wildman–Crippen LogP) is 5.54. The number of hydrogen-bond acceptors (Lipinski definition) is 2. The van der Waals surface area contributed by atoms with Gasteiger partial charge in [0.15, 0.2) is 0 Å². The first-order chi connectivity index (χ1) is 17.0. The van der Waals surface area contributed by atoms with E-state index in [1.54, 1.807) is 4.90 Å². The second-order valence-corrected chi connectivity index (χ2v) is 9.81. The van der Waals surface area contributed by atoms with Gasteiger partial charge in [0, 0.05) is 19.0 Å². The molecule has 0 saturated heterocycles. The van der Waals surface area contributed by atoms with Crippen molar-refractivity contribution in [1.29, 1.82) is 0 Å². The van der Waals surface area contributed by atoms with Crippen LogP contribution in [-0.2, 0) is 29.0 Å². The van der Waals surface area contributed by atoms with E-state index < -0.39 is 6.04 Å². The van der Waals surface area contributed by atoms with Gasteiger partial charge in [-0.25, -0.2) is 0 Å². The van der Waals surface area contributed by atoms with Gasteiger partial charge in [-0.2, -0.15) is 0 Å². The van der Waals surface area contributed by atoms with Gasteiger partial charge in [0.2, 0.25) is 11.8 Å². The van der Waals surface area contributed by atoms with E-state index in [4.69, 9.17) is 0 Å². The highest BCUT2D eigenvalue weighted by Crippen LogP contribution is 2.21. The van der Waals surface area contributed by atoms with Crippen molar-refractivity contribution in [2.24, 2.45) is 0 Å². The summed E-state index contributed by atoms with van der Waals surface area (Å²) in [6.45, 7) is 4.51. The molecule has 0 unspecified atom stereocenters. The summed E-state index contributed by atoms with van der Waals surface area (Å²) in [4.78, 5) is 29.4. The average molecular weight is 469 g/mol. The molecule has 1 N–H and O–H groups in total. The molecule has 3 aromatic carbocycles. The Morgan fingerprint density at radius 1 is 0.857 bits per heavy atom. The molecule has 0 radical (unpaired) electrons. The zero-order chi connectivity index (χ0) is 24.6. The summed E-state index contributed by atoms with van der Waals surface area (Å²) >= 11 is 0. The molecule has 35 heavy (non-hydrogen) atoms. The summed E-state index contributed by atoms with van der Waals surface area (Å²) in [6, 6.07) is 25.8. The van der Waals surface area contributed by atoms with Crippen LogP contribution in [0.3, 0.4) is 0 Å². The number of hydrogen-bond donors (Lipinski definition) is 1. The summed E-state index contributed by atoms with van der Waals surface area (Å²) in [6.07, 6.45) is 5.08. The Morgan fingerprint density at radius 3 is 2.20 bits per heavy atom. The Bertz CT molecular complexity index is 1120. The van der Waals surface area contributed by atoms with Crippen LogP contribution in [0.15, 0.2) is 78.9 Å². The molecular formula is C31H36N2O2. The molecule has 1 saturated carbocycles. The molecule has 2 amide bonds. The third kappa shape index (κ3) is 6.82. The first kappa shape index (κ1) is 24.7. The lowest BCUT2D eigenvalue weighted by Gasteiger charge is -2.33. The summed E-state index contributed by atoms with van der Waals surface area (Å²) in [5.41, 5.74) is 5.37. The number of nitrogens with zero attached hydrogens (tertiary/aromatic N) is 1. The summed E-state index contributed by atoms with van der Waals surface area (Å²) in [7, 11) is 0. The molecule has 4 nitrogen and oxygen atoms in total. The van der Waals surface area contributed by atoms with Crippen LogP contribution in [0.2, 0.25) is 0 Å². The molecule has 1 aliphatic rings. The first-order valence-corrected chi connectivity index (χ1v) is 12.7. The number of rotatable bonds is 9. The fourth-order valence-electron chi connectivity index (χ4n) is 4.87. The number of benzene rings is 3. The lowest BCUT2D eigenvalue weighted by Crippen LogP contribution is -2.52. The topological polar surface area (TPSA) is 49.4 Å². The van der Waals surface area contributed by atoms with E-state index in [9.17, 15) is 9.59 Å². The number of nitrogens with one attached hydrogen (secondary N) is 1. The highest BCUT2D eigenvalue weighted by Gasteiger charge is 2.32. The van der Waals surface area contributed by atoms with E-state index >= 15 is 0 Å². The molecule has 1 aliphatic carbocycles. The number of aryl methyl sites for hydroxylation is 2. The maximum absolute atomic E-state index is 13.8. The lowest BCUT2D eigenvalue weighted by atomic mass is 10.00. The summed E-state index contributed by atoms with van der Waals surface area (Å²) in [5.74, 6) is -0.0776. The Balaban J connectivity index is 1.66. The molecule has 4 rings (SSSR count). The van der Waals surface area contributed by atoms with E-state index in [1.165, 1.54) is 0 Å². The Hall–Kier alpha value is -3.40. The van der Waals surface area contributed by atoms with Crippen molar-refractivity contribution in [3.05, 3.63) is 107 Å². The highest BCUT2D eigenvalue weighted by molar-refractivity contribution is 5.89. The Labute approximate surface area is 209 Å². The van der Waals surface area contributed by atoms with E-state index in [0.29, 0.717) is 13.0 Å².